The predicted molar refractivity (Wildman–Crippen MR) is 102 cm³/mol. The molecule has 2 amide bonds. The molecule has 1 heterocycles. The Bertz CT molecular complexity index is 839. The number of hydrogen-bond acceptors (Lipinski definition) is 5. The van der Waals surface area contributed by atoms with Crippen molar-refractivity contribution in [2.75, 3.05) is 24.2 Å². The minimum atomic E-state index is -0.905. The van der Waals surface area contributed by atoms with E-state index in [-0.39, 0.29) is 17.6 Å². The summed E-state index contributed by atoms with van der Waals surface area (Å²) < 4.78 is 5.17. The van der Waals surface area contributed by atoms with Crippen molar-refractivity contribution in [1.29, 1.82) is 0 Å². The average molecular weight is 372 g/mol. The third-order valence-electron chi connectivity index (χ3n) is 4.13. The van der Waals surface area contributed by atoms with Gasteiger partial charge in [-0.3, -0.25) is 14.4 Å². The van der Waals surface area contributed by atoms with Crippen LogP contribution in [-0.2, 0) is 14.3 Å². The van der Waals surface area contributed by atoms with Crippen LogP contribution in [0.3, 0.4) is 0 Å². The molecule has 2 aromatic carbocycles. The maximum absolute atomic E-state index is 12.2. The summed E-state index contributed by atoms with van der Waals surface area (Å²) in [5, 5.41) is 4.85. The fourth-order valence-electron chi connectivity index (χ4n) is 2.68. The molecular weight excluding hydrogens is 352 g/mol. The second-order valence-electron chi connectivity index (χ2n) is 6.03. The van der Waals surface area contributed by atoms with Crippen molar-refractivity contribution in [2.24, 2.45) is 0 Å². The molecule has 26 heavy (non-hydrogen) atoms. The number of ether oxygens (including phenoxy) is 1. The van der Waals surface area contributed by atoms with Crippen LogP contribution in [0.4, 0.5) is 10.5 Å². The molecule has 1 N–H and O–H groups in total. The molecule has 0 radical (unpaired) electrons. The van der Waals surface area contributed by atoms with Crippen molar-refractivity contribution in [2.45, 2.75) is 19.4 Å². The topological polar surface area (TPSA) is 75.7 Å². The van der Waals surface area contributed by atoms with E-state index in [1.54, 1.807) is 4.90 Å². The van der Waals surface area contributed by atoms with Gasteiger partial charge in [0.25, 0.3) is 11.1 Å². The van der Waals surface area contributed by atoms with Crippen LogP contribution in [-0.4, -0.2) is 47.0 Å². The Hall–Kier alpha value is -2.54. The Labute approximate surface area is 155 Å². The fourth-order valence-corrected chi connectivity index (χ4v) is 3.53. The van der Waals surface area contributed by atoms with Gasteiger partial charge in [0.15, 0.2) is 6.10 Å². The highest BCUT2D eigenvalue weighted by molar-refractivity contribution is 8.13. The van der Waals surface area contributed by atoms with Gasteiger partial charge in [-0.05, 0) is 29.8 Å². The van der Waals surface area contributed by atoms with Crippen molar-refractivity contribution in [3.63, 3.8) is 0 Å². The number of amides is 2. The number of carbonyl (C=O) groups excluding carboxylic acids is 3. The lowest BCUT2D eigenvalue weighted by Crippen LogP contribution is -2.32. The number of hydrogen-bond donors (Lipinski definition) is 1. The molecular formula is C19H20N2O4S. The van der Waals surface area contributed by atoms with E-state index in [1.165, 1.54) is 18.7 Å². The first-order chi connectivity index (χ1) is 12.5. The summed E-state index contributed by atoms with van der Waals surface area (Å²) >= 11 is 1.25. The van der Waals surface area contributed by atoms with Crippen LogP contribution in [0.15, 0.2) is 42.5 Å². The quantitative estimate of drug-likeness (QED) is 0.788. The van der Waals surface area contributed by atoms with Crippen LogP contribution in [0, 0.1) is 0 Å². The van der Waals surface area contributed by atoms with Gasteiger partial charge in [0.1, 0.15) is 0 Å². The molecule has 1 unspecified atom stereocenters. The first-order valence-corrected chi connectivity index (χ1v) is 9.42. The second kappa shape index (κ2) is 8.23. The van der Waals surface area contributed by atoms with Crippen LogP contribution >= 0.6 is 11.8 Å². The third kappa shape index (κ3) is 4.54. The van der Waals surface area contributed by atoms with Gasteiger partial charge in [0.2, 0.25) is 0 Å². The van der Waals surface area contributed by atoms with Gasteiger partial charge in [-0.2, -0.15) is 0 Å². The van der Waals surface area contributed by atoms with Gasteiger partial charge in [-0.15, -0.1) is 0 Å². The van der Waals surface area contributed by atoms with E-state index in [0.717, 1.165) is 16.5 Å². The Morgan fingerprint density at radius 1 is 1.23 bits per heavy atom. The number of nitrogens with zero attached hydrogens (tertiary/aromatic N) is 1. The van der Waals surface area contributed by atoms with Crippen molar-refractivity contribution < 1.29 is 19.1 Å². The highest BCUT2D eigenvalue weighted by Gasteiger charge is 2.23. The standard InChI is InChI=1S/C19H20N2O4S/c1-13(25-17(22)8-9-21-10-11-26-19(21)24)18(23)20-16-7-6-14-4-2-3-5-15(14)12-16/h2-7,12-13H,8-11H2,1H3,(H,20,23). The Morgan fingerprint density at radius 2 is 2.00 bits per heavy atom. The van der Waals surface area contributed by atoms with Crippen LogP contribution < -0.4 is 5.32 Å². The summed E-state index contributed by atoms with van der Waals surface area (Å²) in [5.74, 6) is -0.129. The van der Waals surface area contributed by atoms with E-state index in [0.29, 0.717) is 18.8 Å². The van der Waals surface area contributed by atoms with E-state index in [4.69, 9.17) is 4.74 Å². The first kappa shape index (κ1) is 18.3. The Morgan fingerprint density at radius 3 is 2.73 bits per heavy atom. The van der Waals surface area contributed by atoms with Gasteiger partial charge >= 0.3 is 5.97 Å². The van der Waals surface area contributed by atoms with E-state index in [1.807, 2.05) is 42.5 Å². The van der Waals surface area contributed by atoms with Gasteiger partial charge in [-0.25, -0.2) is 0 Å². The second-order valence-corrected chi connectivity index (χ2v) is 7.08. The van der Waals surface area contributed by atoms with Crippen molar-refractivity contribution in [3.8, 4) is 0 Å². The molecule has 1 atom stereocenters. The summed E-state index contributed by atoms with van der Waals surface area (Å²) in [6.07, 6.45) is -0.822. The molecule has 136 valence electrons. The lowest BCUT2D eigenvalue weighted by atomic mass is 10.1. The Balaban J connectivity index is 1.50. The number of thioether (sulfide) groups is 1. The number of nitrogens with one attached hydrogen (secondary N) is 1. The van der Waals surface area contributed by atoms with Gasteiger partial charge < -0.3 is 15.0 Å². The summed E-state index contributed by atoms with van der Waals surface area (Å²) in [5.41, 5.74) is 0.649. The largest absolute Gasteiger partial charge is 0.452 e. The molecule has 6 nitrogen and oxygen atoms in total. The minimum Gasteiger partial charge on any atom is -0.452 e. The number of fused-ring (bicyclic) bond motifs is 1. The van der Waals surface area contributed by atoms with Crippen LogP contribution in [0.1, 0.15) is 13.3 Å². The molecule has 0 aliphatic carbocycles. The summed E-state index contributed by atoms with van der Waals surface area (Å²) in [7, 11) is 0. The van der Waals surface area contributed by atoms with Crippen molar-refractivity contribution in [1.82, 2.24) is 4.90 Å². The minimum absolute atomic E-state index is 0.0140. The number of carbonyl (C=O) groups is 3. The maximum Gasteiger partial charge on any atom is 0.308 e. The maximum atomic E-state index is 12.2. The summed E-state index contributed by atoms with van der Waals surface area (Å²) in [4.78, 5) is 37.2. The normalized spacial score (nSPS) is 15.1. The van der Waals surface area contributed by atoms with Crippen molar-refractivity contribution in [3.05, 3.63) is 42.5 Å². The van der Waals surface area contributed by atoms with E-state index in [2.05, 4.69) is 5.32 Å². The summed E-state index contributed by atoms with van der Waals surface area (Å²) in [6, 6.07) is 13.5. The zero-order valence-electron chi connectivity index (χ0n) is 14.4. The third-order valence-corrected chi connectivity index (χ3v) is 5.02. The number of benzene rings is 2. The number of esters is 1. The fraction of sp³-hybridized carbons (Fsp3) is 0.316. The molecule has 3 rings (SSSR count). The molecule has 0 spiro atoms. The van der Waals surface area contributed by atoms with Gasteiger partial charge in [0, 0.05) is 24.5 Å². The predicted octanol–water partition coefficient (Wildman–Crippen LogP) is 3.27. The number of anilines is 1. The molecule has 0 saturated carbocycles. The van der Waals surface area contributed by atoms with Crippen LogP contribution in [0.25, 0.3) is 10.8 Å². The summed E-state index contributed by atoms with van der Waals surface area (Å²) in [6.45, 7) is 2.50. The molecule has 0 aromatic heterocycles. The molecule has 7 heteroatoms. The van der Waals surface area contributed by atoms with Gasteiger partial charge in [0.05, 0.1) is 6.42 Å². The zero-order chi connectivity index (χ0) is 18.5. The molecule has 1 fully saturated rings. The van der Waals surface area contributed by atoms with Crippen molar-refractivity contribution >= 4 is 45.3 Å². The smallest absolute Gasteiger partial charge is 0.308 e. The highest BCUT2D eigenvalue weighted by atomic mass is 32.2. The van der Waals surface area contributed by atoms with Gasteiger partial charge in [-0.1, -0.05) is 42.1 Å². The van der Waals surface area contributed by atoms with E-state index < -0.39 is 12.1 Å². The molecule has 0 bridgehead atoms. The molecule has 1 saturated heterocycles. The lowest BCUT2D eigenvalue weighted by molar-refractivity contribution is -0.153. The number of rotatable bonds is 6. The van der Waals surface area contributed by atoms with E-state index in [9.17, 15) is 14.4 Å². The SMILES string of the molecule is CC(OC(=O)CCN1CCSC1=O)C(=O)Nc1ccc2ccccc2c1. The molecule has 2 aromatic rings. The monoisotopic (exact) mass is 372 g/mol. The highest BCUT2D eigenvalue weighted by Crippen LogP contribution is 2.19. The molecule has 1 aliphatic rings. The van der Waals surface area contributed by atoms with E-state index >= 15 is 0 Å². The lowest BCUT2D eigenvalue weighted by Gasteiger charge is -2.16. The average Bonchev–Trinajstić information content (AvgIpc) is 3.04. The van der Waals surface area contributed by atoms with Crippen LogP contribution in [0.5, 0.6) is 0 Å². The first-order valence-electron chi connectivity index (χ1n) is 8.44. The Kier molecular flexibility index (Phi) is 5.78. The zero-order valence-corrected chi connectivity index (χ0v) is 15.3. The molecule has 1 aliphatic heterocycles. The van der Waals surface area contributed by atoms with Crippen LogP contribution in [0.2, 0.25) is 0 Å².